The van der Waals surface area contributed by atoms with Crippen LogP contribution in [0.4, 0.5) is 0 Å². The van der Waals surface area contributed by atoms with Crippen LogP contribution in [0.15, 0.2) is 28.7 Å². The Labute approximate surface area is 124 Å². The molecule has 1 aromatic carbocycles. The topological polar surface area (TPSA) is 35.2 Å². The zero-order valence-electron chi connectivity index (χ0n) is 11.6. The summed E-state index contributed by atoms with van der Waals surface area (Å²) >= 11 is 3.51. The van der Waals surface area contributed by atoms with Crippen LogP contribution in [0.1, 0.15) is 50.7 Å². The third-order valence-corrected chi connectivity index (χ3v) is 4.63. The zero-order chi connectivity index (χ0) is 13.7. The van der Waals surface area contributed by atoms with Crippen LogP contribution < -0.4 is 5.73 Å². The largest absolute Gasteiger partial charge is 0.369 e. The maximum Gasteiger partial charge on any atom is 0.0951 e. The highest BCUT2D eigenvalue weighted by atomic mass is 79.9. The molecule has 1 saturated carbocycles. The van der Waals surface area contributed by atoms with E-state index in [1.54, 1.807) is 0 Å². The number of nitrogens with two attached hydrogens (primary N) is 1. The van der Waals surface area contributed by atoms with Gasteiger partial charge in [0.05, 0.1) is 12.2 Å². The Morgan fingerprint density at radius 3 is 2.84 bits per heavy atom. The molecule has 0 aromatic heterocycles. The molecule has 1 fully saturated rings. The van der Waals surface area contributed by atoms with E-state index in [-0.39, 0.29) is 6.10 Å². The van der Waals surface area contributed by atoms with Crippen molar-refractivity contribution in [3.05, 3.63) is 34.3 Å². The van der Waals surface area contributed by atoms with E-state index in [2.05, 4.69) is 35.0 Å². The van der Waals surface area contributed by atoms with Crippen LogP contribution in [0.25, 0.3) is 0 Å². The Morgan fingerprint density at radius 2 is 2.16 bits per heavy atom. The van der Waals surface area contributed by atoms with Crippen LogP contribution in [-0.2, 0) is 4.74 Å². The predicted molar refractivity (Wildman–Crippen MR) is 83.1 cm³/mol. The Hall–Kier alpha value is -0.380. The quantitative estimate of drug-likeness (QED) is 0.868. The second-order valence-corrected chi connectivity index (χ2v) is 6.32. The van der Waals surface area contributed by atoms with Crippen LogP contribution in [0.3, 0.4) is 0 Å². The monoisotopic (exact) mass is 325 g/mol. The van der Waals surface area contributed by atoms with Gasteiger partial charge in [0.25, 0.3) is 0 Å². The number of hydrogen-bond donors (Lipinski definition) is 1. The first kappa shape index (κ1) is 15.0. The second-order valence-electron chi connectivity index (χ2n) is 5.41. The molecule has 3 unspecified atom stereocenters. The Morgan fingerprint density at radius 1 is 1.37 bits per heavy atom. The molecule has 19 heavy (non-hydrogen) atoms. The van der Waals surface area contributed by atoms with Crippen LogP contribution in [0.5, 0.6) is 0 Å². The van der Waals surface area contributed by atoms with E-state index in [1.165, 1.54) is 37.7 Å². The summed E-state index contributed by atoms with van der Waals surface area (Å²) in [7, 11) is 0. The highest BCUT2D eigenvalue weighted by molar-refractivity contribution is 9.10. The average molecular weight is 326 g/mol. The van der Waals surface area contributed by atoms with Crippen molar-refractivity contribution in [3.8, 4) is 0 Å². The van der Waals surface area contributed by atoms with Crippen LogP contribution >= 0.6 is 15.9 Å². The van der Waals surface area contributed by atoms with E-state index >= 15 is 0 Å². The molecule has 106 valence electrons. The van der Waals surface area contributed by atoms with Gasteiger partial charge in [-0.05, 0) is 36.5 Å². The number of ether oxygens (including phenoxy) is 1. The van der Waals surface area contributed by atoms with Crippen LogP contribution in [0, 0.1) is 5.92 Å². The van der Waals surface area contributed by atoms with Crippen molar-refractivity contribution >= 4 is 15.9 Å². The van der Waals surface area contributed by atoms with E-state index in [1.807, 2.05) is 12.1 Å². The van der Waals surface area contributed by atoms with Gasteiger partial charge in [-0.3, -0.25) is 0 Å². The standard InChI is InChI=1S/C16H24BrNO/c1-2-12-6-3-4-9-15(12)19-16(11-18)13-7-5-8-14(17)10-13/h5,7-8,10,12,15-16H,2-4,6,9,11,18H2,1H3. The van der Waals surface area contributed by atoms with Crippen molar-refractivity contribution < 1.29 is 4.74 Å². The molecule has 0 saturated heterocycles. The van der Waals surface area contributed by atoms with Crippen molar-refractivity contribution in [1.29, 1.82) is 0 Å². The molecule has 1 aliphatic carbocycles. The zero-order valence-corrected chi connectivity index (χ0v) is 13.2. The normalized spacial score (nSPS) is 25.2. The lowest BCUT2D eigenvalue weighted by atomic mass is 9.84. The lowest BCUT2D eigenvalue weighted by molar-refractivity contribution is -0.0586. The van der Waals surface area contributed by atoms with E-state index in [9.17, 15) is 0 Å². The van der Waals surface area contributed by atoms with Crippen molar-refractivity contribution in [2.75, 3.05) is 6.54 Å². The van der Waals surface area contributed by atoms with Gasteiger partial charge in [0.2, 0.25) is 0 Å². The van der Waals surface area contributed by atoms with E-state index < -0.39 is 0 Å². The molecule has 0 aliphatic heterocycles. The lowest BCUT2D eigenvalue weighted by Crippen LogP contribution is -2.31. The molecule has 3 atom stereocenters. The minimum absolute atomic E-state index is 0.0228. The van der Waals surface area contributed by atoms with Crippen LogP contribution in [-0.4, -0.2) is 12.6 Å². The van der Waals surface area contributed by atoms with E-state index in [4.69, 9.17) is 10.5 Å². The van der Waals surface area contributed by atoms with Gasteiger partial charge >= 0.3 is 0 Å². The Balaban J connectivity index is 2.05. The van der Waals surface area contributed by atoms with Crippen LogP contribution in [0.2, 0.25) is 0 Å². The minimum atomic E-state index is 0.0228. The van der Waals surface area contributed by atoms with Gasteiger partial charge in [-0.15, -0.1) is 0 Å². The number of hydrogen-bond acceptors (Lipinski definition) is 2. The van der Waals surface area contributed by atoms with E-state index in [0.29, 0.717) is 18.6 Å². The molecule has 0 bridgehead atoms. The highest BCUT2D eigenvalue weighted by Crippen LogP contribution is 2.33. The summed E-state index contributed by atoms with van der Waals surface area (Å²) < 4.78 is 7.43. The van der Waals surface area contributed by atoms with Gasteiger partial charge < -0.3 is 10.5 Å². The first-order valence-electron chi connectivity index (χ1n) is 7.35. The Bertz CT molecular complexity index is 396. The van der Waals surface area contributed by atoms with Gasteiger partial charge in [-0.2, -0.15) is 0 Å². The SMILES string of the molecule is CCC1CCCCC1OC(CN)c1cccc(Br)c1. The summed E-state index contributed by atoms with van der Waals surface area (Å²) in [5.41, 5.74) is 7.10. The molecular weight excluding hydrogens is 302 g/mol. The van der Waals surface area contributed by atoms with Crippen molar-refractivity contribution in [3.63, 3.8) is 0 Å². The van der Waals surface area contributed by atoms with Gasteiger partial charge in [0, 0.05) is 11.0 Å². The molecule has 3 heteroatoms. The molecule has 2 nitrogen and oxygen atoms in total. The summed E-state index contributed by atoms with van der Waals surface area (Å²) in [6.07, 6.45) is 6.74. The summed E-state index contributed by atoms with van der Waals surface area (Å²) in [6.45, 7) is 2.81. The molecule has 2 N–H and O–H groups in total. The number of rotatable bonds is 5. The first-order valence-corrected chi connectivity index (χ1v) is 8.15. The summed E-state index contributed by atoms with van der Waals surface area (Å²) in [4.78, 5) is 0. The average Bonchev–Trinajstić information content (AvgIpc) is 2.45. The third kappa shape index (κ3) is 4.04. The first-order chi connectivity index (χ1) is 9.24. The predicted octanol–water partition coefficient (Wildman–Crippen LogP) is 4.43. The fourth-order valence-corrected chi connectivity index (χ4v) is 3.42. The molecule has 1 aromatic rings. The van der Waals surface area contributed by atoms with Crippen molar-refractivity contribution in [1.82, 2.24) is 0 Å². The van der Waals surface area contributed by atoms with Crippen molar-refractivity contribution in [2.24, 2.45) is 11.7 Å². The highest BCUT2D eigenvalue weighted by Gasteiger charge is 2.27. The lowest BCUT2D eigenvalue weighted by Gasteiger charge is -2.33. The number of benzene rings is 1. The maximum atomic E-state index is 6.34. The molecule has 0 amide bonds. The fourth-order valence-electron chi connectivity index (χ4n) is 3.01. The molecular formula is C16H24BrNO. The third-order valence-electron chi connectivity index (χ3n) is 4.14. The molecule has 0 heterocycles. The van der Waals surface area contributed by atoms with E-state index in [0.717, 1.165) is 4.47 Å². The summed E-state index contributed by atoms with van der Waals surface area (Å²) in [5, 5.41) is 0. The van der Waals surface area contributed by atoms with Gasteiger partial charge in [0.15, 0.2) is 0 Å². The smallest absolute Gasteiger partial charge is 0.0951 e. The molecule has 0 spiro atoms. The maximum absolute atomic E-state index is 6.34. The molecule has 2 rings (SSSR count). The summed E-state index contributed by atoms with van der Waals surface area (Å²) in [5.74, 6) is 0.704. The number of halogens is 1. The molecule has 1 aliphatic rings. The minimum Gasteiger partial charge on any atom is -0.369 e. The fraction of sp³-hybridized carbons (Fsp3) is 0.625. The van der Waals surface area contributed by atoms with Gasteiger partial charge in [0.1, 0.15) is 0 Å². The summed E-state index contributed by atoms with van der Waals surface area (Å²) in [6, 6.07) is 8.30. The molecule has 0 radical (unpaired) electrons. The van der Waals surface area contributed by atoms with Gasteiger partial charge in [-0.1, -0.05) is 54.2 Å². The Kier molecular flexibility index (Phi) is 5.86. The second kappa shape index (κ2) is 7.41. The van der Waals surface area contributed by atoms with Crippen molar-refractivity contribution in [2.45, 2.75) is 51.2 Å². The van der Waals surface area contributed by atoms with Gasteiger partial charge in [-0.25, -0.2) is 0 Å².